The Labute approximate surface area is 129 Å². The normalized spacial score (nSPS) is 25.7. The van der Waals surface area contributed by atoms with Gasteiger partial charge in [0.25, 0.3) is 0 Å². The van der Waals surface area contributed by atoms with E-state index in [-0.39, 0.29) is 0 Å². The first kappa shape index (κ1) is 15.1. The maximum atomic E-state index is 3.54. The molecule has 1 N–H and O–H groups in total. The SMILES string of the molecule is CC(C)CNCc1cccc(CN2CC3CCCC3C2)c1. The summed E-state index contributed by atoms with van der Waals surface area (Å²) in [4.78, 5) is 2.68. The van der Waals surface area contributed by atoms with E-state index in [9.17, 15) is 0 Å². The van der Waals surface area contributed by atoms with Gasteiger partial charge < -0.3 is 5.32 Å². The fourth-order valence-electron chi connectivity index (χ4n) is 4.06. The van der Waals surface area contributed by atoms with Crippen LogP contribution in [0.1, 0.15) is 44.2 Å². The predicted molar refractivity (Wildman–Crippen MR) is 89.1 cm³/mol. The molecular formula is C19H30N2. The summed E-state index contributed by atoms with van der Waals surface area (Å²) in [6, 6.07) is 9.15. The van der Waals surface area contributed by atoms with Crippen LogP contribution >= 0.6 is 0 Å². The smallest absolute Gasteiger partial charge is 0.0234 e. The summed E-state index contributed by atoms with van der Waals surface area (Å²) in [7, 11) is 0. The molecular weight excluding hydrogens is 256 g/mol. The summed E-state index contributed by atoms with van der Waals surface area (Å²) in [6.45, 7) is 10.4. The number of hydrogen-bond acceptors (Lipinski definition) is 2. The van der Waals surface area contributed by atoms with E-state index in [4.69, 9.17) is 0 Å². The van der Waals surface area contributed by atoms with E-state index in [0.29, 0.717) is 0 Å². The van der Waals surface area contributed by atoms with Crippen molar-refractivity contribution in [1.29, 1.82) is 0 Å². The van der Waals surface area contributed by atoms with Crippen LogP contribution in [-0.4, -0.2) is 24.5 Å². The number of rotatable bonds is 6. The van der Waals surface area contributed by atoms with Gasteiger partial charge in [-0.1, -0.05) is 44.5 Å². The average Bonchev–Trinajstić information content (AvgIpc) is 2.99. The lowest BCUT2D eigenvalue weighted by atomic mass is 10.0. The highest BCUT2D eigenvalue weighted by Crippen LogP contribution is 2.38. The van der Waals surface area contributed by atoms with Crippen molar-refractivity contribution in [2.45, 2.75) is 46.2 Å². The Morgan fingerprint density at radius 2 is 1.86 bits per heavy atom. The van der Waals surface area contributed by atoms with Gasteiger partial charge in [0.15, 0.2) is 0 Å². The first-order valence-corrected chi connectivity index (χ1v) is 8.71. The maximum absolute atomic E-state index is 3.54. The third kappa shape index (κ3) is 4.08. The first-order valence-electron chi connectivity index (χ1n) is 8.71. The van der Waals surface area contributed by atoms with Gasteiger partial charge in [0.2, 0.25) is 0 Å². The van der Waals surface area contributed by atoms with Crippen LogP contribution in [0.15, 0.2) is 24.3 Å². The van der Waals surface area contributed by atoms with E-state index < -0.39 is 0 Å². The highest BCUT2D eigenvalue weighted by atomic mass is 15.2. The average molecular weight is 286 g/mol. The molecule has 1 aliphatic heterocycles. The van der Waals surface area contributed by atoms with Gasteiger partial charge in [-0.15, -0.1) is 0 Å². The summed E-state index contributed by atoms with van der Waals surface area (Å²) >= 11 is 0. The summed E-state index contributed by atoms with van der Waals surface area (Å²) in [5.74, 6) is 2.72. The van der Waals surface area contributed by atoms with Crippen molar-refractivity contribution >= 4 is 0 Å². The zero-order chi connectivity index (χ0) is 14.7. The minimum absolute atomic E-state index is 0.720. The third-order valence-corrected chi connectivity index (χ3v) is 5.08. The maximum Gasteiger partial charge on any atom is 0.0234 e. The van der Waals surface area contributed by atoms with E-state index in [1.54, 1.807) is 0 Å². The fraction of sp³-hybridized carbons (Fsp3) is 0.684. The van der Waals surface area contributed by atoms with E-state index in [0.717, 1.165) is 37.4 Å². The van der Waals surface area contributed by atoms with Crippen molar-refractivity contribution in [3.63, 3.8) is 0 Å². The van der Waals surface area contributed by atoms with Gasteiger partial charge in [0.05, 0.1) is 0 Å². The van der Waals surface area contributed by atoms with Crippen molar-refractivity contribution in [2.24, 2.45) is 17.8 Å². The van der Waals surface area contributed by atoms with Crippen LogP contribution < -0.4 is 5.32 Å². The molecule has 1 saturated heterocycles. The van der Waals surface area contributed by atoms with Crippen molar-refractivity contribution in [3.8, 4) is 0 Å². The molecule has 21 heavy (non-hydrogen) atoms. The van der Waals surface area contributed by atoms with Crippen LogP contribution in [0.25, 0.3) is 0 Å². The van der Waals surface area contributed by atoms with Gasteiger partial charge in [0.1, 0.15) is 0 Å². The molecule has 116 valence electrons. The van der Waals surface area contributed by atoms with E-state index in [1.807, 2.05) is 0 Å². The van der Waals surface area contributed by atoms with Crippen LogP contribution in [0, 0.1) is 17.8 Å². The Kier molecular flexibility index (Phi) is 4.97. The molecule has 1 heterocycles. The Balaban J connectivity index is 1.51. The van der Waals surface area contributed by atoms with Crippen molar-refractivity contribution in [3.05, 3.63) is 35.4 Å². The molecule has 2 atom stereocenters. The molecule has 0 spiro atoms. The number of nitrogens with zero attached hydrogens (tertiary/aromatic N) is 1. The quantitative estimate of drug-likeness (QED) is 0.858. The zero-order valence-electron chi connectivity index (χ0n) is 13.6. The van der Waals surface area contributed by atoms with Crippen LogP contribution in [0.4, 0.5) is 0 Å². The zero-order valence-corrected chi connectivity index (χ0v) is 13.6. The molecule has 1 saturated carbocycles. The van der Waals surface area contributed by atoms with Crippen molar-refractivity contribution < 1.29 is 0 Å². The number of nitrogens with one attached hydrogen (secondary N) is 1. The summed E-state index contributed by atoms with van der Waals surface area (Å²) in [6.07, 6.45) is 4.42. The minimum Gasteiger partial charge on any atom is -0.312 e. The highest BCUT2D eigenvalue weighted by molar-refractivity contribution is 5.23. The van der Waals surface area contributed by atoms with Gasteiger partial charge in [-0.3, -0.25) is 4.90 Å². The van der Waals surface area contributed by atoms with Gasteiger partial charge >= 0.3 is 0 Å². The fourth-order valence-corrected chi connectivity index (χ4v) is 4.06. The lowest BCUT2D eigenvalue weighted by Gasteiger charge is -2.17. The van der Waals surface area contributed by atoms with Crippen molar-refractivity contribution in [2.75, 3.05) is 19.6 Å². The molecule has 2 heteroatoms. The molecule has 0 amide bonds. The number of likely N-dealkylation sites (tertiary alicyclic amines) is 1. The molecule has 1 aromatic carbocycles. The third-order valence-electron chi connectivity index (χ3n) is 5.08. The first-order chi connectivity index (χ1) is 10.2. The lowest BCUT2D eigenvalue weighted by Crippen LogP contribution is -2.21. The molecule has 1 aliphatic carbocycles. The molecule has 0 bridgehead atoms. The van der Waals surface area contributed by atoms with Crippen molar-refractivity contribution in [1.82, 2.24) is 10.2 Å². The topological polar surface area (TPSA) is 15.3 Å². The van der Waals surface area contributed by atoms with E-state index >= 15 is 0 Å². The molecule has 2 nitrogen and oxygen atoms in total. The van der Waals surface area contributed by atoms with Gasteiger partial charge in [-0.05, 0) is 48.3 Å². The van der Waals surface area contributed by atoms with Crippen LogP contribution in [0.3, 0.4) is 0 Å². The molecule has 1 aromatic rings. The van der Waals surface area contributed by atoms with Crippen LogP contribution in [0.2, 0.25) is 0 Å². The summed E-state index contributed by atoms with van der Waals surface area (Å²) in [5.41, 5.74) is 2.91. The Morgan fingerprint density at radius 1 is 1.14 bits per heavy atom. The second-order valence-electron chi connectivity index (χ2n) is 7.49. The molecule has 2 aliphatic rings. The highest BCUT2D eigenvalue weighted by Gasteiger charge is 2.35. The van der Waals surface area contributed by atoms with Crippen LogP contribution in [0.5, 0.6) is 0 Å². The lowest BCUT2D eigenvalue weighted by molar-refractivity contribution is 0.303. The molecule has 3 rings (SSSR count). The minimum atomic E-state index is 0.720. The van der Waals surface area contributed by atoms with Gasteiger partial charge in [0, 0.05) is 26.2 Å². The second-order valence-corrected chi connectivity index (χ2v) is 7.49. The number of hydrogen-bond donors (Lipinski definition) is 1. The van der Waals surface area contributed by atoms with Gasteiger partial charge in [-0.25, -0.2) is 0 Å². The summed E-state index contributed by atoms with van der Waals surface area (Å²) < 4.78 is 0. The van der Waals surface area contributed by atoms with E-state index in [2.05, 4.69) is 48.3 Å². The summed E-state index contributed by atoms with van der Waals surface area (Å²) in [5, 5.41) is 3.54. The number of benzene rings is 1. The monoisotopic (exact) mass is 286 g/mol. The van der Waals surface area contributed by atoms with E-state index in [1.165, 1.54) is 43.5 Å². The Hall–Kier alpha value is -0.860. The Morgan fingerprint density at radius 3 is 2.57 bits per heavy atom. The molecule has 2 unspecified atom stereocenters. The van der Waals surface area contributed by atoms with Gasteiger partial charge in [-0.2, -0.15) is 0 Å². The standard InChI is InChI=1S/C19H30N2/c1-15(2)10-20-11-16-5-3-6-17(9-16)12-21-13-18-7-4-8-19(18)14-21/h3,5-6,9,15,18-20H,4,7-8,10-14H2,1-2H3. The number of fused-ring (bicyclic) bond motifs is 1. The molecule has 0 radical (unpaired) electrons. The molecule has 0 aromatic heterocycles. The predicted octanol–water partition coefficient (Wildman–Crippen LogP) is 3.66. The second kappa shape index (κ2) is 6.93. The molecule has 2 fully saturated rings. The largest absolute Gasteiger partial charge is 0.312 e. The Bertz CT molecular complexity index is 443. The van der Waals surface area contributed by atoms with Crippen LogP contribution in [-0.2, 0) is 13.1 Å².